The van der Waals surface area contributed by atoms with Crippen molar-refractivity contribution in [3.8, 4) is 11.5 Å². The van der Waals surface area contributed by atoms with Gasteiger partial charge < -0.3 is 14.6 Å². The number of halogens is 2. The van der Waals surface area contributed by atoms with E-state index in [-0.39, 0.29) is 0 Å². The summed E-state index contributed by atoms with van der Waals surface area (Å²) < 4.78 is 10.4. The molecule has 0 bridgehead atoms. The molecule has 21 heavy (non-hydrogen) atoms. The van der Waals surface area contributed by atoms with E-state index in [0.29, 0.717) is 33.5 Å². The van der Waals surface area contributed by atoms with Crippen molar-refractivity contribution in [2.45, 2.75) is 12.5 Å². The highest BCUT2D eigenvalue weighted by Crippen LogP contribution is 2.36. The summed E-state index contributed by atoms with van der Waals surface area (Å²) in [4.78, 5) is 0. The third-order valence-electron chi connectivity index (χ3n) is 3.18. The molecule has 2 aromatic rings. The Bertz CT molecular complexity index is 629. The van der Waals surface area contributed by atoms with E-state index in [1.807, 2.05) is 18.2 Å². The van der Waals surface area contributed by atoms with Crippen LogP contribution in [0.25, 0.3) is 0 Å². The van der Waals surface area contributed by atoms with Gasteiger partial charge in [0.15, 0.2) is 11.5 Å². The van der Waals surface area contributed by atoms with Gasteiger partial charge in [-0.3, -0.25) is 0 Å². The number of ether oxygens (including phenoxy) is 2. The van der Waals surface area contributed by atoms with Crippen molar-refractivity contribution in [2.24, 2.45) is 0 Å². The van der Waals surface area contributed by atoms with Crippen LogP contribution in [0.4, 0.5) is 0 Å². The van der Waals surface area contributed by atoms with Crippen molar-refractivity contribution < 1.29 is 14.6 Å². The second-order valence-corrected chi connectivity index (χ2v) is 5.42. The average Bonchev–Trinajstić information content (AvgIpc) is 2.46. The van der Waals surface area contributed by atoms with Gasteiger partial charge in [0.2, 0.25) is 0 Å². The molecule has 2 aromatic carbocycles. The molecule has 0 radical (unpaired) electrons. The van der Waals surface area contributed by atoms with Crippen LogP contribution in [0.1, 0.15) is 17.2 Å². The van der Waals surface area contributed by atoms with E-state index in [1.54, 1.807) is 25.3 Å². The molecule has 3 nitrogen and oxygen atoms in total. The lowest BCUT2D eigenvalue weighted by molar-refractivity contribution is 0.178. The second kappa shape index (κ2) is 7.03. The topological polar surface area (TPSA) is 38.7 Å². The molecule has 5 heteroatoms. The van der Waals surface area contributed by atoms with Gasteiger partial charge in [0.1, 0.15) is 0 Å². The van der Waals surface area contributed by atoms with E-state index in [2.05, 4.69) is 0 Å². The van der Waals surface area contributed by atoms with E-state index in [4.69, 9.17) is 32.7 Å². The Morgan fingerprint density at radius 1 is 1.05 bits per heavy atom. The number of hydrogen-bond donors (Lipinski definition) is 1. The summed E-state index contributed by atoms with van der Waals surface area (Å²) in [5, 5.41) is 11.5. The molecule has 0 aliphatic rings. The summed E-state index contributed by atoms with van der Waals surface area (Å²) >= 11 is 12.2. The molecule has 0 saturated heterocycles. The molecule has 0 fully saturated rings. The first-order valence-corrected chi connectivity index (χ1v) is 7.14. The summed E-state index contributed by atoms with van der Waals surface area (Å²) in [6.07, 6.45) is -0.341. The molecule has 0 spiro atoms. The molecular formula is C16H16Cl2O3. The van der Waals surface area contributed by atoms with Gasteiger partial charge in [-0.25, -0.2) is 0 Å². The van der Waals surface area contributed by atoms with Gasteiger partial charge in [-0.05, 0) is 23.8 Å². The maximum atomic E-state index is 10.4. The SMILES string of the molecule is COc1cc(Cl)c(C(O)Cc2cccc(Cl)c2)cc1OC. The van der Waals surface area contributed by atoms with Crippen molar-refractivity contribution >= 4 is 23.2 Å². The van der Waals surface area contributed by atoms with Crippen LogP contribution in [-0.2, 0) is 6.42 Å². The molecule has 0 amide bonds. The highest BCUT2D eigenvalue weighted by atomic mass is 35.5. The van der Waals surface area contributed by atoms with Crippen LogP contribution in [0.15, 0.2) is 36.4 Å². The summed E-state index contributed by atoms with van der Waals surface area (Å²) in [6, 6.07) is 10.7. The molecule has 2 rings (SSSR count). The summed E-state index contributed by atoms with van der Waals surface area (Å²) in [5.74, 6) is 1.06. The average molecular weight is 327 g/mol. The number of aliphatic hydroxyl groups is 1. The Kier molecular flexibility index (Phi) is 5.34. The Morgan fingerprint density at radius 3 is 2.33 bits per heavy atom. The Hall–Kier alpha value is -1.42. The number of rotatable bonds is 5. The van der Waals surface area contributed by atoms with Crippen molar-refractivity contribution in [1.82, 2.24) is 0 Å². The Morgan fingerprint density at radius 2 is 1.71 bits per heavy atom. The zero-order valence-electron chi connectivity index (χ0n) is 11.8. The highest BCUT2D eigenvalue weighted by molar-refractivity contribution is 6.31. The van der Waals surface area contributed by atoms with Crippen LogP contribution < -0.4 is 9.47 Å². The van der Waals surface area contributed by atoms with Crippen LogP contribution in [0.3, 0.4) is 0 Å². The first-order valence-electron chi connectivity index (χ1n) is 6.39. The molecule has 1 N–H and O–H groups in total. The van der Waals surface area contributed by atoms with E-state index >= 15 is 0 Å². The van der Waals surface area contributed by atoms with Crippen LogP contribution in [-0.4, -0.2) is 19.3 Å². The minimum Gasteiger partial charge on any atom is -0.493 e. The summed E-state index contributed by atoms with van der Waals surface area (Å²) in [5.41, 5.74) is 1.52. The Balaban J connectivity index is 2.28. The fourth-order valence-corrected chi connectivity index (χ4v) is 2.61. The highest BCUT2D eigenvalue weighted by Gasteiger charge is 2.17. The van der Waals surface area contributed by atoms with Crippen molar-refractivity contribution in [1.29, 1.82) is 0 Å². The van der Waals surface area contributed by atoms with Gasteiger partial charge in [-0.15, -0.1) is 0 Å². The van der Waals surface area contributed by atoms with Crippen molar-refractivity contribution in [3.63, 3.8) is 0 Å². The van der Waals surface area contributed by atoms with E-state index in [0.717, 1.165) is 5.56 Å². The van der Waals surface area contributed by atoms with Gasteiger partial charge in [0.25, 0.3) is 0 Å². The summed E-state index contributed by atoms with van der Waals surface area (Å²) in [6.45, 7) is 0. The zero-order chi connectivity index (χ0) is 15.4. The first kappa shape index (κ1) is 16.0. The molecule has 0 aromatic heterocycles. The second-order valence-electron chi connectivity index (χ2n) is 4.58. The molecule has 1 unspecified atom stereocenters. The number of benzene rings is 2. The van der Waals surface area contributed by atoms with Gasteiger partial charge >= 0.3 is 0 Å². The molecule has 0 aliphatic heterocycles. The maximum absolute atomic E-state index is 10.4. The van der Waals surface area contributed by atoms with E-state index in [9.17, 15) is 5.11 Å². The fraction of sp³-hybridized carbons (Fsp3) is 0.250. The van der Waals surface area contributed by atoms with Gasteiger partial charge in [0.05, 0.1) is 25.3 Å². The van der Waals surface area contributed by atoms with Crippen LogP contribution in [0, 0.1) is 0 Å². The van der Waals surface area contributed by atoms with Crippen molar-refractivity contribution in [2.75, 3.05) is 14.2 Å². The molecule has 0 aliphatic carbocycles. The van der Waals surface area contributed by atoms with E-state index in [1.165, 1.54) is 7.11 Å². The van der Waals surface area contributed by atoms with E-state index < -0.39 is 6.10 Å². The van der Waals surface area contributed by atoms with Crippen LogP contribution >= 0.6 is 23.2 Å². The largest absolute Gasteiger partial charge is 0.493 e. The summed E-state index contributed by atoms with van der Waals surface area (Å²) in [7, 11) is 3.08. The predicted octanol–water partition coefficient (Wildman–Crippen LogP) is 4.29. The molecule has 1 atom stereocenters. The first-order chi connectivity index (χ1) is 10.0. The standard InChI is InChI=1S/C16H16Cl2O3/c1-20-15-8-12(13(18)9-16(15)21-2)14(19)7-10-4-3-5-11(17)6-10/h3-6,8-9,14,19H,7H2,1-2H3. The minimum absolute atomic E-state index is 0.412. The normalized spacial score (nSPS) is 12.0. The predicted molar refractivity (Wildman–Crippen MR) is 84.7 cm³/mol. The Labute approximate surface area is 134 Å². The van der Waals surface area contributed by atoms with Crippen molar-refractivity contribution in [3.05, 3.63) is 57.6 Å². The molecular weight excluding hydrogens is 311 g/mol. The molecule has 0 saturated carbocycles. The lowest BCUT2D eigenvalue weighted by atomic mass is 10.0. The van der Waals surface area contributed by atoms with Gasteiger partial charge in [-0.2, -0.15) is 0 Å². The third-order valence-corrected chi connectivity index (χ3v) is 3.74. The van der Waals surface area contributed by atoms with Crippen LogP contribution in [0.2, 0.25) is 10.0 Å². The quantitative estimate of drug-likeness (QED) is 0.890. The monoisotopic (exact) mass is 326 g/mol. The van der Waals surface area contributed by atoms with Crippen LogP contribution in [0.5, 0.6) is 11.5 Å². The van der Waals surface area contributed by atoms with Gasteiger partial charge in [-0.1, -0.05) is 35.3 Å². The maximum Gasteiger partial charge on any atom is 0.162 e. The smallest absolute Gasteiger partial charge is 0.162 e. The zero-order valence-corrected chi connectivity index (χ0v) is 13.3. The number of hydrogen-bond acceptors (Lipinski definition) is 3. The number of methoxy groups -OCH3 is 2. The molecule has 0 heterocycles. The lowest BCUT2D eigenvalue weighted by Gasteiger charge is -2.16. The third kappa shape index (κ3) is 3.82. The molecule has 112 valence electrons. The number of aliphatic hydroxyl groups excluding tert-OH is 1. The fourth-order valence-electron chi connectivity index (χ4n) is 2.12. The van der Waals surface area contributed by atoms with Gasteiger partial charge in [0, 0.05) is 23.1 Å². The lowest BCUT2D eigenvalue weighted by Crippen LogP contribution is -2.04. The minimum atomic E-state index is -0.754.